The van der Waals surface area contributed by atoms with Gasteiger partial charge in [-0.2, -0.15) is 5.10 Å². The molecule has 2 rings (SSSR count). The number of aliphatic hydroxyl groups is 2. The van der Waals surface area contributed by atoms with Gasteiger partial charge in [-0.3, -0.25) is 4.68 Å². The van der Waals surface area contributed by atoms with Crippen molar-refractivity contribution in [2.45, 2.75) is 57.3 Å². The van der Waals surface area contributed by atoms with E-state index >= 15 is 0 Å². The van der Waals surface area contributed by atoms with Crippen LogP contribution in [-0.2, 0) is 6.54 Å². The van der Waals surface area contributed by atoms with Crippen molar-refractivity contribution in [3.63, 3.8) is 0 Å². The average Bonchev–Trinajstić information content (AvgIpc) is 2.87. The molecule has 0 saturated heterocycles. The third-order valence-electron chi connectivity index (χ3n) is 3.51. The molecule has 1 atom stereocenters. The Bertz CT molecular complexity index is 386. The largest absolute Gasteiger partial charge is 0.387 e. The van der Waals surface area contributed by atoms with E-state index in [9.17, 15) is 10.2 Å². The van der Waals surface area contributed by atoms with E-state index in [1.165, 1.54) is 6.20 Å². The zero-order valence-electron chi connectivity index (χ0n) is 10.1. The van der Waals surface area contributed by atoms with Crippen molar-refractivity contribution in [3.8, 4) is 0 Å². The van der Waals surface area contributed by atoms with E-state index in [1.54, 1.807) is 4.68 Å². The molecule has 1 aliphatic carbocycles. The van der Waals surface area contributed by atoms with Gasteiger partial charge in [0, 0.05) is 6.54 Å². The highest BCUT2D eigenvalue weighted by Gasteiger charge is 2.41. The van der Waals surface area contributed by atoms with E-state index in [1.807, 2.05) is 6.92 Å². The molecule has 1 aromatic rings. The highest BCUT2D eigenvalue weighted by Crippen LogP contribution is 2.41. The van der Waals surface area contributed by atoms with Crippen molar-refractivity contribution < 1.29 is 10.2 Å². The molecular formula is C12H19ClN2O2. The lowest BCUT2D eigenvalue weighted by atomic mass is 9.92. The first-order valence-electron chi connectivity index (χ1n) is 6.20. The Morgan fingerprint density at radius 3 is 2.76 bits per heavy atom. The first kappa shape index (κ1) is 12.9. The van der Waals surface area contributed by atoms with E-state index in [0.29, 0.717) is 30.1 Å². The second-order valence-corrected chi connectivity index (χ2v) is 5.22. The number of rotatable bonds is 4. The third kappa shape index (κ3) is 2.34. The molecule has 2 N–H and O–H groups in total. The zero-order chi connectivity index (χ0) is 12.5. The fourth-order valence-corrected chi connectivity index (χ4v) is 2.79. The zero-order valence-corrected chi connectivity index (χ0v) is 10.8. The normalized spacial score (nSPS) is 20.7. The van der Waals surface area contributed by atoms with Crippen LogP contribution >= 0.6 is 11.6 Å². The van der Waals surface area contributed by atoms with Crippen LogP contribution in [0.25, 0.3) is 0 Å². The van der Waals surface area contributed by atoms with Crippen LogP contribution < -0.4 is 0 Å². The minimum absolute atomic E-state index is 0.436. The van der Waals surface area contributed by atoms with Gasteiger partial charge in [0.25, 0.3) is 0 Å². The van der Waals surface area contributed by atoms with Gasteiger partial charge in [-0.1, -0.05) is 31.4 Å². The van der Waals surface area contributed by atoms with E-state index in [0.717, 1.165) is 19.3 Å². The second kappa shape index (κ2) is 4.96. The highest BCUT2D eigenvalue weighted by molar-refractivity contribution is 6.31. The smallest absolute Gasteiger partial charge is 0.126 e. The molecule has 0 aliphatic heterocycles. The van der Waals surface area contributed by atoms with E-state index in [4.69, 9.17) is 11.6 Å². The van der Waals surface area contributed by atoms with Gasteiger partial charge in [0.15, 0.2) is 0 Å². The highest BCUT2D eigenvalue weighted by atomic mass is 35.5. The lowest BCUT2D eigenvalue weighted by Crippen LogP contribution is -2.34. The van der Waals surface area contributed by atoms with Crippen LogP contribution in [0.5, 0.6) is 0 Å². The summed E-state index contributed by atoms with van der Waals surface area (Å²) in [6.45, 7) is 2.74. The third-order valence-corrected chi connectivity index (χ3v) is 3.80. The number of aryl methyl sites for hydroxylation is 1. The predicted molar refractivity (Wildman–Crippen MR) is 65.9 cm³/mol. The Labute approximate surface area is 106 Å². The van der Waals surface area contributed by atoms with Crippen molar-refractivity contribution >= 4 is 11.6 Å². The van der Waals surface area contributed by atoms with Crippen molar-refractivity contribution in [1.82, 2.24) is 9.78 Å². The van der Waals surface area contributed by atoms with Gasteiger partial charge >= 0.3 is 0 Å². The van der Waals surface area contributed by atoms with Crippen molar-refractivity contribution in [3.05, 3.63) is 16.9 Å². The molecule has 0 bridgehead atoms. The first-order chi connectivity index (χ1) is 8.08. The van der Waals surface area contributed by atoms with Crippen molar-refractivity contribution in [2.75, 3.05) is 0 Å². The molecule has 0 radical (unpaired) electrons. The number of hydrogen-bond donors (Lipinski definition) is 2. The summed E-state index contributed by atoms with van der Waals surface area (Å²) >= 11 is 6.06. The maximum atomic E-state index is 10.4. The summed E-state index contributed by atoms with van der Waals surface area (Å²) in [7, 11) is 0. The van der Waals surface area contributed by atoms with Gasteiger partial charge in [0.05, 0.1) is 22.5 Å². The lowest BCUT2D eigenvalue weighted by molar-refractivity contribution is -0.0756. The van der Waals surface area contributed by atoms with Crippen LogP contribution in [0.1, 0.15) is 50.8 Å². The minimum Gasteiger partial charge on any atom is -0.387 e. The van der Waals surface area contributed by atoms with Crippen LogP contribution in [0, 0.1) is 0 Å². The summed E-state index contributed by atoms with van der Waals surface area (Å²) in [6, 6.07) is 0. The quantitative estimate of drug-likeness (QED) is 0.871. The number of aliphatic hydroxyl groups excluding tert-OH is 1. The Hall–Kier alpha value is -0.580. The molecule has 1 aliphatic rings. The van der Waals surface area contributed by atoms with E-state index in [-0.39, 0.29) is 0 Å². The fourth-order valence-electron chi connectivity index (χ4n) is 2.55. The summed E-state index contributed by atoms with van der Waals surface area (Å²) in [5.74, 6) is 0. The molecule has 1 aromatic heterocycles. The molecule has 1 saturated carbocycles. The molecule has 96 valence electrons. The molecule has 4 nitrogen and oxygen atoms in total. The van der Waals surface area contributed by atoms with Gasteiger partial charge in [-0.05, 0) is 19.3 Å². The predicted octanol–water partition coefficient (Wildman–Crippen LogP) is 2.29. The van der Waals surface area contributed by atoms with Crippen LogP contribution in [0.4, 0.5) is 0 Å². The molecule has 1 heterocycles. The minimum atomic E-state index is -1.03. The number of hydrogen-bond acceptors (Lipinski definition) is 3. The van der Waals surface area contributed by atoms with Crippen LogP contribution in [0.15, 0.2) is 6.20 Å². The van der Waals surface area contributed by atoms with E-state index < -0.39 is 11.7 Å². The summed E-state index contributed by atoms with van der Waals surface area (Å²) in [5, 5.41) is 25.3. The average molecular weight is 259 g/mol. The van der Waals surface area contributed by atoms with Crippen LogP contribution in [0.3, 0.4) is 0 Å². The molecule has 0 spiro atoms. The molecule has 0 amide bonds. The molecular weight excluding hydrogens is 240 g/mol. The Morgan fingerprint density at radius 2 is 2.18 bits per heavy atom. The molecule has 17 heavy (non-hydrogen) atoms. The van der Waals surface area contributed by atoms with Gasteiger partial charge in [0.1, 0.15) is 6.10 Å². The summed E-state index contributed by atoms with van der Waals surface area (Å²) < 4.78 is 1.70. The lowest BCUT2D eigenvalue weighted by Gasteiger charge is -2.29. The van der Waals surface area contributed by atoms with Crippen molar-refractivity contribution in [1.29, 1.82) is 0 Å². The van der Waals surface area contributed by atoms with Crippen LogP contribution in [-0.4, -0.2) is 25.6 Å². The van der Waals surface area contributed by atoms with E-state index in [2.05, 4.69) is 5.10 Å². The maximum Gasteiger partial charge on any atom is 0.126 e. The monoisotopic (exact) mass is 258 g/mol. The number of aromatic nitrogens is 2. The summed E-state index contributed by atoms with van der Waals surface area (Å²) in [5.41, 5.74) is -0.479. The van der Waals surface area contributed by atoms with Crippen LogP contribution in [0.2, 0.25) is 5.02 Å². The number of nitrogens with zero attached hydrogens (tertiary/aromatic N) is 2. The molecule has 1 fully saturated rings. The van der Waals surface area contributed by atoms with Gasteiger partial charge in [0.2, 0.25) is 0 Å². The summed E-state index contributed by atoms with van der Waals surface area (Å²) in [4.78, 5) is 0. The van der Waals surface area contributed by atoms with Crippen molar-refractivity contribution in [2.24, 2.45) is 0 Å². The molecule has 5 heteroatoms. The Morgan fingerprint density at radius 1 is 1.53 bits per heavy atom. The van der Waals surface area contributed by atoms with Gasteiger partial charge < -0.3 is 10.2 Å². The molecule has 1 unspecified atom stereocenters. The summed E-state index contributed by atoms with van der Waals surface area (Å²) in [6.07, 6.45) is 4.67. The Balaban J connectivity index is 2.29. The maximum absolute atomic E-state index is 10.4. The Kier molecular flexibility index (Phi) is 3.76. The van der Waals surface area contributed by atoms with Gasteiger partial charge in [-0.25, -0.2) is 0 Å². The molecule has 0 aromatic carbocycles. The number of halogens is 1. The second-order valence-electron chi connectivity index (χ2n) is 4.81. The fraction of sp³-hybridized carbons (Fsp3) is 0.750. The van der Waals surface area contributed by atoms with Gasteiger partial charge in [-0.15, -0.1) is 0 Å². The topological polar surface area (TPSA) is 58.3 Å². The first-order valence-corrected chi connectivity index (χ1v) is 6.58. The SMILES string of the molecule is CCCn1ncc(Cl)c1C(O)C1(O)CCCC1. The standard InChI is InChI=1S/C12H19ClN2O2/c1-2-7-15-10(9(13)8-14-15)11(16)12(17)5-3-4-6-12/h8,11,16-17H,2-7H2,1H3.